The molecule has 0 spiro atoms. The molecule has 3 aromatic rings. The van der Waals surface area contributed by atoms with Crippen molar-refractivity contribution >= 4 is 0 Å². The predicted octanol–water partition coefficient (Wildman–Crippen LogP) is 9.17. The summed E-state index contributed by atoms with van der Waals surface area (Å²) in [6.45, 7) is 3.87. The first kappa shape index (κ1) is 30.3. The Morgan fingerprint density at radius 3 is 1.72 bits per heavy atom. The van der Waals surface area contributed by atoms with E-state index >= 15 is 0 Å². The van der Waals surface area contributed by atoms with E-state index in [-0.39, 0.29) is 30.4 Å². The zero-order valence-corrected chi connectivity index (χ0v) is 21.2. The molecule has 1 unspecified atom stereocenters. The molecule has 11 heteroatoms. The molecule has 0 saturated carbocycles. The fourth-order valence-corrected chi connectivity index (χ4v) is 4.21. The summed E-state index contributed by atoms with van der Waals surface area (Å²) in [6, 6.07) is 8.10. The van der Waals surface area contributed by atoms with Crippen molar-refractivity contribution in [3.63, 3.8) is 0 Å². The van der Waals surface area contributed by atoms with Gasteiger partial charge in [-0.2, -0.15) is 39.5 Å². The third kappa shape index (κ3) is 7.26. The summed E-state index contributed by atoms with van der Waals surface area (Å²) >= 11 is 0. The molecule has 0 saturated heterocycles. The molecule has 0 amide bonds. The molecule has 3 rings (SSSR count). The van der Waals surface area contributed by atoms with Crippen LogP contribution in [-0.4, -0.2) is 7.11 Å². The van der Waals surface area contributed by atoms with Crippen LogP contribution in [0.4, 0.5) is 39.5 Å². The summed E-state index contributed by atoms with van der Waals surface area (Å²) in [5, 5.41) is 0. The third-order valence-corrected chi connectivity index (χ3v) is 6.38. The van der Waals surface area contributed by atoms with Crippen molar-refractivity contribution in [1.29, 1.82) is 0 Å². The van der Waals surface area contributed by atoms with Crippen LogP contribution in [0.15, 0.2) is 54.6 Å². The largest absolute Gasteiger partial charge is 0.496 e. The van der Waals surface area contributed by atoms with Crippen LogP contribution in [-0.2, 0) is 24.9 Å². The lowest BCUT2D eigenvalue weighted by Crippen LogP contribution is -2.17. The number of nitrogens with two attached hydrogens (primary N) is 1. The molecule has 0 fully saturated rings. The number of alkyl halides is 9. The summed E-state index contributed by atoms with van der Waals surface area (Å²) < 4.78 is 126. The third-order valence-electron chi connectivity index (χ3n) is 6.38. The average molecular weight is 564 g/mol. The molecular formula is C28H26F9NO. The van der Waals surface area contributed by atoms with Gasteiger partial charge in [0.1, 0.15) is 5.75 Å². The van der Waals surface area contributed by atoms with Gasteiger partial charge in [-0.05, 0) is 83.5 Å². The molecule has 0 heterocycles. The molecular weight excluding hydrogens is 537 g/mol. The molecule has 0 radical (unpaired) electrons. The minimum atomic E-state index is -5.05. The van der Waals surface area contributed by atoms with E-state index in [9.17, 15) is 39.5 Å². The topological polar surface area (TPSA) is 35.2 Å². The van der Waals surface area contributed by atoms with Gasteiger partial charge < -0.3 is 10.5 Å². The number of hydrogen-bond donors (Lipinski definition) is 1. The zero-order chi connectivity index (χ0) is 29.3. The number of hydrogen-bond acceptors (Lipinski definition) is 2. The second-order valence-electron chi connectivity index (χ2n) is 9.47. The highest BCUT2D eigenvalue weighted by Crippen LogP contribution is 2.40. The number of rotatable bonds is 7. The summed E-state index contributed by atoms with van der Waals surface area (Å²) in [6.07, 6.45) is -15.2. The van der Waals surface area contributed by atoms with E-state index < -0.39 is 46.8 Å². The van der Waals surface area contributed by atoms with Crippen LogP contribution < -0.4 is 10.5 Å². The molecule has 2 N–H and O–H groups in total. The van der Waals surface area contributed by atoms with Crippen LogP contribution in [0.25, 0.3) is 11.1 Å². The quantitative estimate of drug-likeness (QED) is 0.291. The van der Waals surface area contributed by atoms with Gasteiger partial charge in [-0.25, -0.2) is 0 Å². The Morgan fingerprint density at radius 1 is 0.667 bits per heavy atom. The van der Waals surface area contributed by atoms with E-state index in [4.69, 9.17) is 10.5 Å². The van der Waals surface area contributed by atoms with Gasteiger partial charge in [0, 0.05) is 11.6 Å². The lowest BCUT2D eigenvalue weighted by atomic mass is 9.89. The standard InChI is InChI=1S/C28H26F9NO/c1-15(2)16-5-9-25(39-3)23(13-16)22-7-6-19(26(29,30)31)10-17(22)4-8-24(38)18-11-20(27(32,33)34)14-21(12-18)28(35,36)37/h5-7,9-15,24H,4,8,38H2,1-3H3. The van der Waals surface area contributed by atoms with Crippen molar-refractivity contribution < 1.29 is 44.3 Å². The van der Waals surface area contributed by atoms with Crippen molar-refractivity contribution in [2.24, 2.45) is 5.73 Å². The highest BCUT2D eigenvalue weighted by atomic mass is 19.4. The Kier molecular flexibility index (Phi) is 8.64. The minimum absolute atomic E-state index is 0.00484. The maximum atomic E-state index is 13.5. The molecule has 212 valence electrons. The Balaban J connectivity index is 2.06. The van der Waals surface area contributed by atoms with Gasteiger partial charge in [0.15, 0.2) is 0 Å². The normalized spacial score (nSPS) is 13.6. The Hall–Kier alpha value is -3.21. The van der Waals surface area contributed by atoms with Gasteiger partial charge in [0.25, 0.3) is 0 Å². The minimum Gasteiger partial charge on any atom is -0.496 e. The van der Waals surface area contributed by atoms with E-state index in [2.05, 4.69) is 0 Å². The molecule has 0 aliphatic heterocycles. The molecule has 0 aliphatic rings. The van der Waals surface area contributed by atoms with E-state index in [1.165, 1.54) is 13.2 Å². The maximum absolute atomic E-state index is 13.5. The fraction of sp³-hybridized carbons (Fsp3) is 0.357. The lowest BCUT2D eigenvalue weighted by molar-refractivity contribution is -0.143. The van der Waals surface area contributed by atoms with Crippen molar-refractivity contribution in [2.75, 3.05) is 7.11 Å². The van der Waals surface area contributed by atoms with E-state index in [1.54, 1.807) is 12.1 Å². The summed E-state index contributed by atoms with van der Waals surface area (Å²) in [7, 11) is 1.40. The highest BCUT2D eigenvalue weighted by molar-refractivity contribution is 5.75. The van der Waals surface area contributed by atoms with E-state index in [1.807, 2.05) is 19.9 Å². The van der Waals surface area contributed by atoms with Gasteiger partial charge in [0.2, 0.25) is 0 Å². The highest BCUT2D eigenvalue weighted by Gasteiger charge is 2.37. The first-order valence-corrected chi connectivity index (χ1v) is 11.8. The fourth-order valence-electron chi connectivity index (χ4n) is 4.21. The maximum Gasteiger partial charge on any atom is 0.416 e. The van der Waals surface area contributed by atoms with Gasteiger partial charge >= 0.3 is 18.5 Å². The Labute approximate surface area is 219 Å². The van der Waals surface area contributed by atoms with Crippen LogP contribution in [0.5, 0.6) is 5.75 Å². The van der Waals surface area contributed by atoms with Crippen LogP contribution in [0.3, 0.4) is 0 Å². The van der Waals surface area contributed by atoms with Gasteiger partial charge in [0.05, 0.1) is 23.8 Å². The van der Waals surface area contributed by atoms with Crippen LogP contribution in [0, 0.1) is 0 Å². The molecule has 0 aromatic heterocycles. The number of aryl methyl sites for hydroxylation is 1. The number of benzene rings is 3. The average Bonchev–Trinajstić information content (AvgIpc) is 2.84. The molecule has 39 heavy (non-hydrogen) atoms. The summed E-state index contributed by atoms with van der Waals surface area (Å²) in [5.74, 6) is 0.474. The molecule has 0 aliphatic carbocycles. The van der Waals surface area contributed by atoms with Crippen LogP contribution in [0.2, 0.25) is 0 Å². The Morgan fingerprint density at radius 2 is 1.23 bits per heavy atom. The van der Waals surface area contributed by atoms with Crippen molar-refractivity contribution in [2.45, 2.75) is 57.2 Å². The Bertz CT molecular complexity index is 1280. The number of methoxy groups -OCH3 is 1. The van der Waals surface area contributed by atoms with Gasteiger partial charge in [-0.3, -0.25) is 0 Å². The predicted molar refractivity (Wildman–Crippen MR) is 129 cm³/mol. The summed E-state index contributed by atoms with van der Waals surface area (Å²) in [5.41, 5.74) is 3.55. The monoisotopic (exact) mass is 563 g/mol. The number of halogens is 9. The van der Waals surface area contributed by atoms with Gasteiger partial charge in [-0.15, -0.1) is 0 Å². The van der Waals surface area contributed by atoms with Crippen LogP contribution >= 0.6 is 0 Å². The summed E-state index contributed by atoms with van der Waals surface area (Å²) in [4.78, 5) is 0. The van der Waals surface area contributed by atoms with Gasteiger partial charge in [-0.1, -0.05) is 26.0 Å². The molecule has 0 bridgehead atoms. The smallest absolute Gasteiger partial charge is 0.416 e. The first-order chi connectivity index (χ1) is 17.9. The molecule has 1 atom stereocenters. The molecule has 3 aromatic carbocycles. The number of ether oxygens (including phenoxy) is 1. The van der Waals surface area contributed by atoms with Crippen molar-refractivity contribution in [1.82, 2.24) is 0 Å². The lowest BCUT2D eigenvalue weighted by Gasteiger charge is -2.20. The second-order valence-corrected chi connectivity index (χ2v) is 9.47. The van der Waals surface area contributed by atoms with E-state index in [0.717, 1.165) is 17.7 Å². The zero-order valence-electron chi connectivity index (χ0n) is 21.2. The van der Waals surface area contributed by atoms with E-state index in [0.29, 0.717) is 29.0 Å². The molecule has 2 nitrogen and oxygen atoms in total. The first-order valence-electron chi connectivity index (χ1n) is 11.8. The SMILES string of the molecule is COc1ccc(C(C)C)cc1-c1ccc(C(F)(F)F)cc1CCC(N)c1cc(C(F)(F)F)cc(C(F)(F)F)c1. The van der Waals surface area contributed by atoms with Crippen molar-refractivity contribution in [3.05, 3.63) is 88.0 Å². The van der Waals surface area contributed by atoms with Crippen LogP contribution in [0.1, 0.15) is 65.6 Å². The van der Waals surface area contributed by atoms with Crippen molar-refractivity contribution in [3.8, 4) is 16.9 Å². The second kappa shape index (κ2) is 11.1.